The first kappa shape index (κ1) is 14.1. The molecule has 0 spiro atoms. The molecular weight excluding hydrogens is 280 g/mol. The van der Waals surface area contributed by atoms with E-state index in [9.17, 15) is 9.59 Å². The SMILES string of the molecule is Cc1c(CC(=O)O)c2cccccc-2c1C(=O)c1ccco1. The topological polar surface area (TPSA) is 67.5 Å². The Morgan fingerprint density at radius 2 is 1.77 bits per heavy atom. The molecule has 4 nitrogen and oxygen atoms in total. The second kappa shape index (κ2) is 5.48. The zero-order valence-electron chi connectivity index (χ0n) is 12.0. The second-order valence-corrected chi connectivity index (χ2v) is 5.09. The van der Waals surface area contributed by atoms with E-state index in [0.717, 1.165) is 11.1 Å². The van der Waals surface area contributed by atoms with Crippen LogP contribution in [0.1, 0.15) is 27.2 Å². The van der Waals surface area contributed by atoms with Crippen LogP contribution in [-0.2, 0) is 11.2 Å². The fourth-order valence-corrected chi connectivity index (χ4v) is 2.79. The van der Waals surface area contributed by atoms with Crippen LogP contribution in [0.4, 0.5) is 0 Å². The standard InChI is InChI=1S/C18H14O4/c1-11-14(10-16(19)20)12-6-3-2-4-7-13(12)17(11)18(21)15-8-5-9-22-15/h2-9H,10H2,1H3,(H,19,20). The predicted octanol–water partition coefficient (Wildman–Crippen LogP) is 3.55. The number of furan rings is 1. The van der Waals surface area contributed by atoms with Crippen LogP contribution in [0, 0.1) is 6.92 Å². The summed E-state index contributed by atoms with van der Waals surface area (Å²) in [5.74, 6) is -0.891. The Morgan fingerprint density at radius 3 is 2.41 bits per heavy atom. The molecule has 0 fully saturated rings. The summed E-state index contributed by atoms with van der Waals surface area (Å²) in [7, 11) is 0. The summed E-state index contributed by atoms with van der Waals surface area (Å²) >= 11 is 0. The smallest absolute Gasteiger partial charge is 0.307 e. The summed E-state index contributed by atoms with van der Waals surface area (Å²) in [5, 5.41) is 9.14. The van der Waals surface area contributed by atoms with E-state index >= 15 is 0 Å². The van der Waals surface area contributed by atoms with E-state index in [1.807, 2.05) is 30.3 Å². The van der Waals surface area contributed by atoms with E-state index in [1.165, 1.54) is 6.26 Å². The highest BCUT2D eigenvalue weighted by atomic mass is 16.4. The van der Waals surface area contributed by atoms with Gasteiger partial charge < -0.3 is 9.52 Å². The Balaban J connectivity index is 2.25. The Hall–Kier alpha value is -2.88. The van der Waals surface area contributed by atoms with Crippen molar-refractivity contribution < 1.29 is 19.1 Å². The van der Waals surface area contributed by atoms with Crippen LogP contribution in [0.5, 0.6) is 0 Å². The highest BCUT2D eigenvalue weighted by molar-refractivity contribution is 6.14. The third-order valence-corrected chi connectivity index (χ3v) is 3.76. The second-order valence-electron chi connectivity index (χ2n) is 5.09. The summed E-state index contributed by atoms with van der Waals surface area (Å²) < 4.78 is 5.20. The van der Waals surface area contributed by atoms with Gasteiger partial charge in [0.2, 0.25) is 5.78 Å². The largest absolute Gasteiger partial charge is 0.481 e. The summed E-state index contributed by atoms with van der Waals surface area (Å²) in [6.45, 7) is 1.79. The third kappa shape index (κ3) is 2.29. The fourth-order valence-electron chi connectivity index (χ4n) is 2.79. The molecule has 1 aromatic rings. The van der Waals surface area contributed by atoms with Gasteiger partial charge in [0, 0.05) is 5.56 Å². The number of hydrogen-bond acceptors (Lipinski definition) is 3. The number of fused-ring (bicyclic) bond motifs is 1. The van der Waals surface area contributed by atoms with E-state index < -0.39 is 5.97 Å². The van der Waals surface area contributed by atoms with Crippen LogP contribution in [0.25, 0.3) is 11.1 Å². The number of carboxylic acids is 1. The average molecular weight is 294 g/mol. The third-order valence-electron chi connectivity index (χ3n) is 3.76. The Bertz CT molecular complexity index is 815. The van der Waals surface area contributed by atoms with Gasteiger partial charge in [0.15, 0.2) is 5.76 Å². The van der Waals surface area contributed by atoms with Gasteiger partial charge in [0.25, 0.3) is 0 Å². The molecule has 0 amide bonds. The molecule has 22 heavy (non-hydrogen) atoms. The molecule has 0 radical (unpaired) electrons. The average Bonchev–Trinajstić information content (AvgIpc) is 3.01. The first-order valence-corrected chi connectivity index (χ1v) is 6.89. The molecular formula is C18H14O4. The van der Waals surface area contributed by atoms with Crippen molar-refractivity contribution in [3.05, 3.63) is 71.2 Å². The first-order chi connectivity index (χ1) is 10.6. The van der Waals surface area contributed by atoms with E-state index in [4.69, 9.17) is 9.52 Å². The number of carboxylic acid groups (broad SMARTS) is 1. The molecule has 0 bridgehead atoms. The molecule has 0 aromatic carbocycles. The molecule has 2 aliphatic carbocycles. The maximum Gasteiger partial charge on any atom is 0.307 e. The molecule has 0 aliphatic heterocycles. The van der Waals surface area contributed by atoms with E-state index in [2.05, 4.69) is 0 Å². The number of carbonyl (C=O) groups excluding carboxylic acids is 1. The molecule has 2 aliphatic rings. The van der Waals surface area contributed by atoms with Gasteiger partial charge in [-0.25, -0.2) is 0 Å². The summed E-state index contributed by atoms with van der Waals surface area (Å²) in [4.78, 5) is 23.8. The Kier molecular flexibility index (Phi) is 3.51. The first-order valence-electron chi connectivity index (χ1n) is 6.89. The normalized spacial score (nSPS) is 10.8. The number of hydrogen-bond donors (Lipinski definition) is 1. The van der Waals surface area contributed by atoms with E-state index in [1.54, 1.807) is 19.1 Å². The minimum Gasteiger partial charge on any atom is -0.481 e. The van der Waals surface area contributed by atoms with Gasteiger partial charge in [-0.1, -0.05) is 30.3 Å². The fraction of sp³-hybridized carbons (Fsp3) is 0.111. The molecule has 0 unspecified atom stereocenters. The molecule has 110 valence electrons. The minimum atomic E-state index is -0.918. The van der Waals surface area contributed by atoms with Crippen LogP contribution in [0.2, 0.25) is 0 Å². The molecule has 0 saturated heterocycles. The van der Waals surface area contributed by atoms with Crippen molar-refractivity contribution in [2.75, 3.05) is 0 Å². The van der Waals surface area contributed by atoms with Crippen LogP contribution in [0.15, 0.2) is 53.1 Å². The minimum absolute atomic E-state index is 0.113. The van der Waals surface area contributed by atoms with Crippen LogP contribution in [0.3, 0.4) is 0 Å². The molecule has 4 heteroatoms. The monoisotopic (exact) mass is 294 g/mol. The number of aliphatic carboxylic acids is 1. The lowest BCUT2D eigenvalue weighted by Gasteiger charge is -2.00. The molecule has 1 heterocycles. The quantitative estimate of drug-likeness (QED) is 0.747. The van der Waals surface area contributed by atoms with Gasteiger partial charge >= 0.3 is 5.97 Å². The number of ketones is 1. The van der Waals surface area contributed by atoms with Crippen LogP contribution in [-0.4, -0.2) is 16.9 Å². The van der Waals surface area contributed by atoms with Gasteiger partial charge in [-0.3, -0.25) is 9.59 Å². The van der Waals surface area contributed by atoms with Crippen molar-refractivity contribution in [3.63, 3.8) is 0 Å². The molecule has 0 saturated carbocycles. The number of rotatable bonds is 4. The van der Waals surface area contributed by atoms with Crippen molar-refractivity contribution in [2.24, 2.45) is 0 Å². The Labute approximate surface area is 127 Å². The van der Waals surface area contributed by atoms with Crippen molar-refractivity contribution in [1.82, 2.24) is 0 Å². The molecule has 1 aromatic heterocycles. The van der Waals surface area contributed by atoms with Gasteiger partial charge in [-0.05, 0) is 41.3 Å². The van der Waals surface area contributed by atoms with Crippen molar-refractivity contribution in [3.8, 4) is 11.1 Å². The lowest BCUT2D eigenvalue weighted by molar-refractivity contribution is -0.136. The zero-order chi connectivity index (χ0) is 15.7. The lowest BCUT2D eigenvalue weighted by atomic mass is 10.0. The van der Waals surface area contributed by atoms with Gasteiger partial charge in [0.1, 0.15) is 0 Å². The van der Waals surface area contributed by atoms with Crippen molar-refractivity contribution in [1.29, 1.82) is 0 Å². The zero-order valence-corrected chi connectivity index (χ0v) is 12.0. The van der Waals surface area contributed by atoms with Crippen LogP contribution >= 0.6 is 0 Å². The van der Waals surface area contributed by atoms with Crippen LogP contribution < -0.4 is 0 Å². The van der Waals surface area contributed by atoms with Crippen molar-refractivity contribution in [2.45, 2.75) is 13.3 Å². The summed E-state index contributed by atoms with van der Waals surface area (Å²) in [6.07, 6.45) is 1.34. The highest BCUT2D eigenvalue weighted by Gasteiger charge is 2.27. The van der Waals surface area contributed by atoms with Gasteiger partial charge in [-0.15, -0.1) is 0 Å². The molecule has 1 N–H and O–H groups in total. The number of carbonyl (C=O) groups is 2. The van der Waals surface area contributed by atoms with Crippen molar-refractivity contribution >= 4 is 11.8 Å². The molecule has 3 rings (SSSR count). The van der Waals surface area contributed by atoms with Gasteiger partial charge in [-0.2, -0.15) is 0 Å². The van der Waals surface area contributed by atoms with Gasteiger partial charge in [0.05, 0.1) is 12.7 Å². The highest BCUT2D eigenvalue weighted by Crippen LogP contribution is 2.37. The predicted molar refractivity (Wildman–Crippen MR) is 81.3 cm³/mol. The van der Waals surface area contributed by atoms with E-state index in [-0.39, 0.29) is 18.0 Å². The maximum atomic E-state index is 12.7. The maximum absolute atomic E-state index is 12.7. The van der Waals surface area contributed by atoms with E-state index in [0.29, 0.717) is 16.7 Å². The Morgan fingerprint density at radius 1 is 1.05 bits per heavy atom. The summed E-state index contributed by atoms with van der Waals surface area (Å²) in [6, 6.07) is 12.5. The lowest BCUT2D eigenvalue weighted by Crippen LogP contribution is -2.03. The molecule has 0 atom stereocenters. The summed E-state index contributed by atoms with van der Waals surface area (Å²) in [5.41, 5.74) is 3.43.